The van der Waals surface area contributed by atoms with Crippen molar-refractivity contribution in [2.45, 2.75) is 50.7 Å². The van der Waals surface area contributed by atoms with Crippen LogP contribution in [0, 0.1) is 5.92 Å². The van der Waals surface area contributed by atoms with Gasteiger partial charge in [-0.1, -0.05) is 29.3 Å². The molecule has 0 amide bonds. The van der Waals surface area contributed by atoms with Gasteiger partial charge in [0.15, 0.2) is 5.96 Å². The first-order valence-electron chi connectivity index (χ1n) is 8.63. The third-order valence-corrected chi connectivity index (χ3v) is 5.74. The predicted molar refractivity (Wildman–Crippen MR) is 99.8 cm³/mol. The lowest BCUT2D eigenvalue weighted by Gasteiger charge is -2.47. The molecule has 1 spiro atoms. The summed E-state index contributed by atoms with van der Waals surface area (Å²) in [5.74, 6) is 1.02. The van der Waals surface area contributed by atoms with E-state index < -0.39 is 0 Å². The van der Waals surface area contributed by atoms with E-state index in [0.29, 0.717) is 21.9 Å². The standard InChI is InChI=1S/C18H25Cl2N3O/c1-12(15-4-3-14(19)9-16(15)20)23-17(21)22-11-13-5-8-24-18(10-13)6-2-7-18/h3-4,9,12-13H,2,5-8,10-11H2,1H3,(H3,21,22,23). The van der Waals surface area contributed by atoms with Crippen LogP contribution in [0.2, 0.25) is 10.0 Å². The zero-order valence-corrected chi connectivity index (χ0v) is 15.5. The van der Waals surface area contributed by atoms with Crippen LogP contribution in [0.3, 0.4) is 0 Å². The number of nitrogens with two attached hydrogens (primary N) is 1. The summed E-state index contributed by atoms with van der Waals surface area (Å²) in [6, 6.07) is 5.46. The number of rotatable bonds is 4. The first-order valence-corrected chi connectivity index (χ1v) is 9.38. The summed E-state index contributed by atoms with van der Waals surface area (Å²) in [5.41, 5.74) is 7.18. The lowest BCUT2D eigenvalue weighted by Crippen LogP contribution is -2.46. The van der Waals surface area contributed by atoms with E-state index in [0.717, 1.165) is 31.6 Å². The number of halogens is 2. The molecule has 0 aromatic heterocycles. The van der Waals surface area contributed by atoms with Gasteiger partial charge in [-0.25, -0.2) is 0 Å². The molecule has 4 nitrogen and oxygen atoms in total. The van der Waals surface area contributed by atoms with Crippen LogP contribution in [0.15, 0.2) is 23.2 Å². The molecule has 2 aliphatic rings. The minimum absolute atomic E-state index is 0.0221. The molecule has 0 radical (unpaired) electrons. The van der Waals surface area contributed by atoms with Crippen LogP contribution < -0.4 is 11.1 Å². The van der Waals surface area contributed by atoms with Crippen molar-refractivity contribution >= 4 is 29.2 Å². The first-order chi connectivity index (χ1) is 11.5. The number of ether oxygens (including phenoxy) is 1. The molecule has 1 saturated carbocycles. The van der Waals surface area contributed by atoms with E-state index in [-0.39, 0.29) is 11.6 Å². The lowest BCUT2D eigenvalue weighted by molar-refractivity contribution is -0.141. The van der Waals surface area contributed by atoms with Crippen LogP contribution in [0.25, 0.3) is 0 Å². The highest BCUT2D eigenvalue weighted by molar-refractivity contribution is 6.35. The highest BCUT2D eigenvalue weighted by Gasteiger charge is 2.42. The Labute approximate surface area is 153 Å². The summed E-state index contributed by atoms with van der Waals surface area (Å²) in [7, 11) is 0. The Morgan fingerprint density at radius 2 is 2.25 bits per heavy atom. The van der Waals surface area contributed by atoms with Crippen molar-refractivity contribution in [3.05, 3.63) is 33.8 Å². The third kappa shape index (κ3) is 4.16. The van der Waals surface area contributed by atoms with Crippen molar-refractivity contribution in [3.8, 4) is 0 Å². The molecule has 24 heavy (non-hydrogen) atoms. The summed E-state index contributed by atoms with van der Waals surface area (Å²) in [4.78, 5) is 4.54. The van der Waals surface area contributed by atoms with Gasteiger partial charge < -0.3 is 15.8 Å². The van der Waals surface area contributed by atoms with Gasteiger partial charge in [0, 0.05) is 23.2 Å². The zero-order valence-electron chi connectivity index (χ0n) is 14.0. The Bertz CT molecular complexity index is 616. The fraction of sp³-hybridized carbons (Fsp3) is 0.611. The Balaban J connectivity index is 1.54. The van der Waals surface area contributed by atoms with E-state index in [1.807, 2.05) is 19.1 Å². The molecule has 2 unspecified atom stereocenters. The fourth-order valence-corrected chi connectivity index (χ4v) is 4.20. The van der Waals surface area contributed by atoms with Crippen molar-refractivity contribution in [2.24, 2.45) is 16.6 Å². The van der Waals surface area contributed by atoms with Crippen molar-refractivity contribution in [3.63, 3.8) is 0 Å². The van der Waals surface area contributed by atoms with E-state index in [9.17, 15) is 0 Å². The molecule has 1 heterocycles. The van der Waals surface area contributed by atoms with E-state index >= 15 is 0 Å². The van der Waals surface area contributed by atoms with Gasteiger partial charge in [0.1, 0.15) is 0 Å². The van der Waals surface area contributed by atoms with Crippen LogP contribution in [0.4, 0.5) is 0 Å². The second kappa shape index (κ2) is 7.51. The number of guanidine groups is 1. The lowest BCUT2D eigenvalue weighted by atomic mass is 9.72. The minimum Gasteiger partial charge on any atom is -0.375 e. The van der Waals surface area contributed by atoms with E-state index in [4.69, 9.17) is 33.7 Å². The third-order valence-electron chi connectivity index (χ3n) is 5.17. The van der Waals surface area contributed by atoms with Crippen molar-refractivity contribution in [2.75, 3.05) is 13.2 Å². The number of nitrogens with zero attached hydrogens (tertiary/aromatic N) is 1. The average Bonchev–Trinajstić information content (AvgIpc) is 2.51. The molecule has 0 bridgehead atoms. The number of benzene rings is 1. The van der Waals surface area contributed by atoms with Gasteiger partial charge in [0.2, 0.25) is 0 Å². The molecule has 2 atom stereocenters. The molecule has 3 N–H and O–H groups in total. The van der Waals surface area contributed by atoms with Crippen molar-refractivity contribution in [1.82, 2.24) is 5.32 Å². The molecule has 6 heteroatoms. The van der Waals surface area contributed by atoms with E-state index in [1.165, 1.54) is 19.3 Å². The minimum atomic E-state index is -0.0221. The smallest absolute Gasteiger partial charge is 0.189 e. The van der Waals surface area contributed by atoms with E-state index in [2.05, 4.69) is 10.3 Å². The molecule has 1 aliphatic heterocycles. The molecule has 2 fully saturated rings. The number of nitrogens with one attached hydrogen (secondary N) is 1. The van der Waals surface area contributed by atoms with Crippen LogP contribution in [0.1, 0.15) is 50.6 Å². The number of hydrogen-bond acceptors (Lipinski definition) is 2. The van der Waals surface area contributed by atoms with Gasteiger partial charge >= 0.3 is 0 Å². The highest BCUT2D eigenvalue weighted by Crippen LogP contribution is 2.44. The molecule has 3 rings (SSSR count). The Morgan fingerprint density at radius 3 is 2.92 bits per heavy atom. The summed E-state index contributed by atoms with van der Waals surface area (Å²) in [5, 5.41) is 4.47. The monoisotopic (exact) mass is 369 g/mol. The van der Waals surface area contributed by atoms with E-state index in [1.54, 1.807) is 6.07 Å². The maximum Gasteiger partial charge on any atom is 0.189 e. The van der Waals surface area contributed by atoms with Crippen LogP contribution in [-0.4, -0.2) is 24.7 Å². The maximum atomic E-state index is 6.24. The van der Waals surface area contributed by atoms with Gasteiger partial charge in [0.25, 0.3) is 0 Å². The molecule has 132 valence electrons. The molecular weight excluding hydrogens is 345 g/mol. The Kier molecular flexibility index (Phi) is 5.58. The second-order valence-electron chi connectivity index (χ2n) is 7.00. The second-order valence-corrected chi connectivity index (χ2v) is 7.85. The van der Waals surface area contributed by atoms with Crippen LogP contribution >= 0.6 is 23.2 Å². The number of aliphatic imine (C=N–C) groups is 1. The number of hydrogen-bond donors (Lipinski definition) is 2. The normalized spacial score (nSPS) is 24.5. The maximum absolute atomic E-state index is 6.24. The summed E-state index contributed by atoms with van der Waals surface area (Å²) < 4.78 is 5.96. The molecule has 1 aromatic carbocycles. The highest BCUT2D eigenvalue weighted by atomic mass is 35.5. The fourth-order valence-electron chi connectivity index (χ4n) is 3.63. The predicted octanol–water partition coefficient (Wildman–Crippen LogP) is 4.31. The van der Waals surface area contributed by atoms with Crippen LogP contribution in [-0.2, 0) is 4.74 Å². The van der Waals surface area contributed by atoms with Gasteiger partial charge in [-0.3, -0.25) is 4.99 Å². The van der Waals surface area contributed by atoms with Crippen molar-refractivity contribution in [1.29, 1.82) is 0 Å². The summed E-state index contributed by atoms with van der Waals surface area (Å²) in [6.07, 6.45) is 5.87. The first kappa shape index (κ1) is 17.8. The van der Waals surface area contributed by atoms with Crippen molar-refractivity contribution < 1.29 is 4.74 Å². The average molecular weight is 370 g/mol. The zero-order chi connectivity index (χ0) is 17.2. The Hall–Kier alpha value is -0.970. The molecule has 1 saturated heterocycles. The van der Waals surface area contributed by atoms with Gasteiger partial charge in [0.05, 0.1) is 11.6 Å². The quantitative estimate of drug-likeness (QED) is 0.613. The largest absolute Gasteiger partial charge is 0.375 e. The van der Waals surface area contributed by atoms with Gasteiger partial charge in [-0.15, -0.1) is 0 Å². The summed E-state index contributed by atoms with van der Waals surface area (Å²) in [6.45, 7) is 3.62. The topological polar surface area (TPSA) is 59.6 Å². The molecule has 1 aliphatic carbocycles. The summed E-state index contributed by atoms with van der Waals surface area (Å²) >= 11 is 12.2. The SMILES string of the molecule is CC(NC(N)=NCC1CCOC2(CCC2)C1)c1ccc(Cl)cc1Cl. The van der Waals surface area contributed by atoms with Crippen LogP contribution in [0.5, 0.6) is 0 Å². The Morgan fingerprint density at radius 1 is 1.46 bits per heavy atom. The molecule has 1 aromatic rings. The molecular formula is C18H25Cl2N3O. The van der Waals surface area contributed by atoms with Gasteiger partial charge in [-0.05, 0) is 62.6 Å². The van der Waals surface area contributed by atoms with Gasteiger partial charge in [-0.2, -0.15) is 0 Å².